The van der Waals surface area contributed by atoms with E-state index in [2.05, 4.69) is 34.3 Å². The van der Waals surface area contributed by atoms with Crippen LogP contribution in [0.2, 0.25) is 0 Å². The molecule has 0 atom stereocenters. The van der Waals surface area contributed by atoms with Gasteiger partial charge in [-0.25, -0.2) is 4.98 Å². The lowest BCUT2D eigenvalue weighted by Crippen LogP contribution is -2.26. The third-order valence-electron chi connectivity index (χ3n) is 2.69. The molecule has 2 aromatic rings. The van der Waals surface area contributed by atoms with E-state index < -0.39 is 0 Å². The first-order chi connectivity index (χ1) is 9.08. The maximum atomic E-state index is 12.1. The van der Waals surface area contributed by atoms with E-state index in [4.69, 9.17) is 0 Å². The SMILES string of the molecule is CC(C)Cn1ccnc(NCc2nncn2C)c1=O. The molecule has 0 aliphatic heterocycles. The van der Waals surface area contributed by atoms with Crippen LogP contribution in [0.25, 0.3) is 0 Å². The lowest BCUT2D eigenvalue weighted by Gasteiger charge is -2.10. The Morgan fingerprint density at radius 3 is 2.84 bits per heavy atom. The number of aryl methyl sites for hydroxylation is 1. The zero-order valence-corrected chi connectivity index (χ0v) is 11.4. The Morgan fingerprint density at radius 1 is 1.42 bits per heavy atom. The molecule has 0 aromatic carbocycles. The van der Waals surface area contributed by atoms with Gasteiger partial charge in [0.15, 0.2) is 11.6 Å². The van der Waals surface area contributed by atoms with E-state index in [1.54, 1.807) is 27.9 Å². The van der Waals surface area contributed by atoms with Crippen LogP contribution >= 0.6 is 0 Å². The number of hydrogen-bond acceptors (Lipinski definition) is 5. The molecule has 19 heavy (non-hydrogen) atoms. The molecule has 7 heteroatoms. The summed E-state index contributed by atoms with van der Waals surface area (Å²) in [7, 11) is 1.85. The highest BCUT2D eigenvalue weighted by atomic mass is 16.1. The summed E-state index contributed by atoms with van der Waals surface area (Å²) in [6.07, 6.45) is 4.95. The van der Waals surface area contributed by atoms with Crippen LogP contribution in [0.3, 0.4) is 0 Å². The Balaban J connectivity index is 2.13. The second-order valence-corrected chi connectivity index (χ2v) is 4.84. The summed E-state index contributed by atoms with van der Waals surface area (Å²) < 4.78 is 3.46. The van der Waals surface area contributed by atoms with Crippen LogP contribution in [0.5, 0.6) is 0 Å². The summed E-state index contributed by atoms with van der Waals surface area (Å²) in [6, 6.07) is 0. The van der Waals surface area contributed by atoms with Crippen molar-refractivity contribution in [3.8, 4) is 0 Å². The van der Waals surface area contributed by atoms with E-state index in [-0.39, 0.29) is 5.56 Å². The van der Waals surface area contributed by atoms with E-state index in [9.17, 15) is 4.79 Å². The van der Waals surface area contributed by atoms with Gasteiger partial charge in [-0.15, -0.1) is 10.2 Å². The molecule has 2 rings (SSSR count). The fraction of sp³-hybridized carbons (Fsp3) is 0.500. The van der Waals surface area contributed by atoms with Gasteiger partial charge in [0.2, 0.25) is 0 Å². The highest BCUT2D eigenvalue weighted by molar-refractivity contribution is 5.30. The second-order valence-electron chi connectivity index (χ2n) is 4.84. The molecular formula is C12H18N6O. The quantitative estimate of drug-likeness (QED) is 0.855. The molecule has 2 aromatic heterocycles. The number of anilines is 1. The highest BCUT2D eigenvalue weighted by Gasteiger charge is 2.07. The third kappa shape index (κ3) is 3.18. The van der Waals surface area contributed by atoms with Crippen molar-refractivity contribution in [2.75, 3.05) is 5.32 Å². The molecule has 0 aliphatic rings. The first kappa shape index (κ1) is 13.3. The maximum absolute atomic E-state index is 12.1. The zero-order valence-electron chi connectivity index (χ0n) is 11.4. The molecular weight excluding hydrogens is 244 g/mol. The van der Waals surface area contributed by atoms with Crippen LogP contribution in [0.15, 0.2) is 23.5 Å². The Labute approximate surface area is 111 Å². The minimum Gasteiger partial charge on any atom is -0.358 e. The van der Waals surface area contributed by atoms with Crippen LogP contribution in [-0.4, -0.2) is 24.3 Å². The standard InChI is InChI=1S/C12H18N6O/c1-9(2)7-18-5-4-13-11(12(18)19)14-6-10-16-15-8-17(10)3/h4-5,8-9H,6-7H2,1-3H3,(H,13,14). The Hall–Kier alpha value is -2.18. The summed E-state index contributed by atoms with van der Waals surface area (Å²) in [5, 5.41) is 10.7. The molecule has 0 saturated heterocycles. The molecule has 0 spiro atoms. The van der Waals surface area contributed by atoms with Crippen LogP contribution in [-0.2, 0) is 20.1 Å². The van der Waals surface area contributed by atoms with E-state index in [0.717, 1.165) is 5.82 Å². The Bertz CT molecular complexity index is 600. The minimum absolute atomic E-state index is 0.113. The Morgan fingerprint density at radius 2 is 2.21 bits per heavy atom. The third-order valence-corrected chi connectivity index (χ3v) is 2.69. The molecule has 0 bridgehead atoms. The van der Waals surface area contributed by atoms with Crippen molar-refractivity contribution < 1.29 is 0 Å². The predicted octanol–water partition coefficient (Wildman–Crippen LogP) is 0.640. The summed E-state index contributed by atoms with van der Waals surface area (Å²) in [5.41, 5.74) is -0.113. The molecule has 0 radical (unpaired) electrons. The van der Waals surface area contributed by atoms with Gasteiger partial charge in [-0.1, -0.05) is 13.8 Å². The zero-order chi connectivity index (χ0) is 13.8. The number of nitrogens with one attached hydrogen (secondary N) is 1. The van der Waals surface area contributed by atoms with Crippen molar-refractivity contribution >= 4 is 5.82 Å². The number of aromatic nitrogens is 5. The molecule has 1 N–H and O–H groups in total. The van der Waals surface area contributed by atoms with Gasteiger partial charge < -0.3 is 14.5 Å². The van der Waals surface area contributed by atoms with Gasteiger partial charge in [0, 0.05) is 26.0 Å². The van der Waals surface area contributed by atoms with Gasteiger partial charge >= 0.3 is 0 Å². The first-order valence-electron chi connectivity index (χ1n) is 6.20. The number of rotatable bonds is 5. The second kappa shape index (κ2) is 5.64. The van der Waals surface area contributed by atoms with Crippen molar-refractivity contribution in [2.45, 2.75) is 26.9 Å². The monoisotopic (exact) mass is 262 g/mol. The number of nitrogens with zero attached hydrogens (tertiary/aromatic N) is 5. The minimum atomic E-state index is -0.113. The molecule has 0 saturated carbocycles. The van der Waals surface area contributed by atoms with Crippen molar-refractivity contribution in [3.63, 3.8) is 0 Å². The normalized spacial score (nSPS) is 10.9. The molecule has 102 valence electrons. The summed E-state index contributed by atoms with van der Waals surface area (Å²) in [6.45, 7) is 5.24. The predicted molar refractivity (Wildman–Crippen MR) is 71.7 cm³/mol. The van der Waals surface area contributed by atoms with Crippen molar-refractivity contribution in [1.29, 1.82) is 0 Å². The van der Waals surface area contributed by atoms with Crippen molar-refractivity contribution in [3.05, 3.63) is 34.9 Å². The molecule has 2 heterocycles. The van der Waals surface area contributed by atoms with Crippen LogP contribution in [0.4, 0.5) is 5.82 Å². The highest BCUT2D eigenvalue weighted by Crippen LogP contribution is 2.00. The summed E-state index contributed by atoms with van der Waals surface area (Å²) in [5.74, 6) is 1.50. The van der Waals surface area contributed by atoms with E-state index in [1.165, 1.54) is 0 Å². The van der Waals surface area contributed by atoms with E-state index in [0.29, 0.717) is 24.8 Å². The van der Waals surface area contributed by atoms with E-state index in [1.807, 2.05) is 7.05 Å². The summed E-state index contributed by atoms with van der Waals surface area (Å²) in [4.78, 5) is 16.2. The van der Waals surface area contributed by atoms with E-state index >= 15 is 0 Å². The molecule has 0 amide bonds. The first-order valence-corrected chi connectivity index (χ1v) is 6.20. The lowest BCUT2D eigenvalue weighted by atomic mass is 10.2. The van der Waals surface area contributed by atoms with Crippen LogP contribution < -0.4 is 10.9 Å². The number of hydrogen-bond donors (Lipinski definition) is 1. The molecule has 0 aliphatic carbocycles. The van der Waals surface area contributed by atoms with Gasteiger partial charge in [0.25, 0.3) is 5.56 Å². The topological polar surface area (TPSA) is 77.6 Å². The van der Waals surface area contributed by atoms with Crippen molar-refractivity contribution in [2.24, 2.45) is 13.0 Å². The Kier molecular flexibility index (Phi) is 3.94. The van der Waals surface area contributed by atoms with Gasteiger partial charge in [0.05, 0.1) is 6.54 Å². The lowest BCUT2D eigenvalue weighted by molar-refractivity contribution is 0.509. The van der Waals surface area contributed by atoms with Crippen molar-refractivity contribution in [1.82, 2.24) is 24.3 Å². The molecule has 7 nitrogen and oxygen atoms in total. The average molecular weight is 262 g/mol. The average Bonchev–Trinajstić information content (AvgIpc) is 2.76. The van der Waals surface area contributed by atoms with Gasteiger partial charge in [0.1, 0.15) is 6.33 Å². The van der Waals surface area contributed by atoms with Gasteiger partial charge in [-0.3, -0.25) is 4.79 Å². The smallest absolute Gasteiger partial charge is 0.293 e. The fourth-order valence-electron chi connectivity index (χ4n) is 1.74. The van der Waals surface area contributed by atoms with Gasteiger partial charge in [-0.2, -0.15) is 0 Å². The van der Waals surface area contributed by atoms with Crippen LogP contribution in [0.1, 0.15) is 19.7 Å². The summed E-state index contributed by atoms with van der Waals surface area (Å²) >= 11 is 0. The molecule has 0 fully saturated rings. The van der Waals surface area contributed by atoms with Gasteiger partial charge in [-0.05, 0) is 5.92 Å². The van der Waals surface area contributed by atoms with Crippen LogP contribution in [0, 0.1) is 5.92 Å². The fourth-order valence-corrected chi connectivity index (χ4v) is 1.74. The maximum Gasteiger partial charge on any atom is 0.293 e. The largest absolute Gasteiger partial charge is 0.358 e. The molecule has 0 unspecified atom stereocenters.